The third-order valence-corrected chi connectivity index (χ3v) is 4.64. The highest BCUT2D eigenvalue weighted by Gasteiger charge is 2.21. The van der Waals surface area contributed by atoms with Crippen LogP contribution >= 0.6 is 35.6 Å². The van der Waals surface area contributed by atoms with Crippen molar-refractivity contribution in [3.05, 3.63) is 46.7 Å². The van der Waals surface area contributed by atoms with E-state index in [4.69, 9.17) is 27.9 Å². The van der Waals surface area contributed by atoms with Crippen molar-refractivity contribution in [1.82, 2.24) is 9.88 Å². The maximum atomic E-state index is 6.21. The predicted molar refractivity (Wildman–Crippen MR) is 98.1 cm³/mol. The second-order valence-electron chi connectivity index (χ2n) is 5.60. The van der Waals surface area contributed by atoms with Gasteiger partial charge in [-0.3, -0.25) is 0 Å². The molecule has 1 aliphatic rings. The molecule has 3 nitrogen and oxygen atoms in total. The Kier molecular flexibility index (Phi) is 6.54. The lowest BCUT2D eigenvalue weighted by Crippen LogP contribution is -2.30. The van der Waals surface area contributed by atoms with Gasteiger partial charge in [0, 0.05) is 16.6 Å². The molecular formula is C17H19Cl3N2O. The molecule has 0 unspecified atom stereocenters. The smallest absolute Gasteiger partial charge is 0.138 e. The number of benzene rings is 1. The van der Waals surface area contributed by atoms with Gasteiger partial charge in [0.15, 0.2) is 0 Å². The maximum absolute atomic E-state index is 6.21. The van der Waals surface area contributed by atoms with E-state index in [1.54, 1.807) is 6.20 Å². The largest absolute Gasteiger partial charge is 0.490 e. The fraction of sp³-hybridized carbons (Fsp3) is 0.353. The van der Waals surface area contributed by atoms with Gasteiger partial charge in [0.1, 0.15) is 17.5 Å². The molecule has 23 heavy (non-hydrogen) atoms. The SMILES string of the molecule is CN1CCC[C@@H]1COc1cnc(Cl)c(-c2ccc(Cl)cc2)c1.Cl. The van der Waals surface area contributed by atoms with Gasteiger partial charge in [-0.1, -0.05) is 35.3 Å². The van der Waals surface area contributed by atoms with Gasteiger partial charge in [-0.15, -0.1) is 12.4 Å². The molecule has 1 saturated heterocycles. The molecule has 0 N–H and O–H groups in total. The lowest BCUT2D eigenvalue weighted by molar-refractivity contribution is 0.198. The molecule has 2 aromatic rings. The molecule has 0 amide bonds. The van der Waals surface area contributed by atoms with Crippen LogP contribution in [-0.4, -0.2) is 36.1 Å². The molecule has 124 valence electrons. The number of rotatable bonds is 4. The van der Waals surface area contributed by atoms with Crippen molar-refractivity contribution in [3.8, 4) is 16.9 Å². The molecule has 1 aromatic carbocycles. The maximum Gasteiger partial charge on any atom is 0.138 e. The molecule has 1 fully saturated rings. The van der Waals surface area contributed by atoms with Crippen LogP contribution in [0.3, 0.4) is 0 Å². The van der Waals surface area contributed by atoms with E-state index in [0.29, 0.717) is 22.8 Å². The van der Waals surface area contributed by atoms with Crippen LogP contribution < -0.4 is 4.74 Å². The van der Waals surface area contributed by atoms with Crippen molar-refractivity contribution in [2.24, 2.45) is 0 Å². The summed E-state index contributed by atoms with van der Waals surface area (Å²) >= 11 is 12.1. The van der Waals surface area contributed by atoms with E-state index >= 15 is 0 Å². The van der Waals surface area contributed by atoms with E-state index in [1.165, 1.54) is 12.8 Å². The van der Waals surface area contributed by atoms with Crippen LogP contribution in [0, 0.1) is 0 Å². The topological polar surface area (TPSA) is 25.4 Å². The minimum absolute atomic E-state index is 0. The van der Waals surface area contributed by atoms with E-state index in [2.05, 4.69) is 16.9 Å². The molecule has 1 aromatic heterocycles. The second kappa shape index (κ2) is 8.20. The minimum atomic E-state index is 0. The predicted octanol–water partition coefficient (Wildman–Crippen LogP) is 4.95. The normalized spacial score (nSPS) is 17.8. The molecule has 3 rings (SSSR count). The van der Waals surface area contributed by atoms with E-state index < -0.39 is 0 Å². The molecule has 2 heterocycles. The van der Waals surface area contributed by atoms with Crippen LogP contribution in [0.15, 0.2) is 36.5 Å². The van der Waals surface area contributed by atoms with E-state index in [9.17, 15) is 0 Å². The zero-order valence-corrected chi connectivity index (χ0v) is 15.2. The number of hydrogen-bond donors (Lipinski definition) is 0. The quantitative estimate of drug-likeness (QED) is 0.709. The number of ether oxygens (including phenoxy) is 1. The second-order valence-corrected chi connectivity index (χ2v) is 6.40. The van der Waals surface area contributed by atoms with Crippen LogP contribution in [-0.2, 0) is 0 Å². The Morgan fingerprint density at radius 3 is 2.65 bits per heavy atom. The Morgan fingerprint density at radius 2 is 2.00 bits per heavy atom. The van der Waals surface area contributed by atoms with Gasteiger partial charge in [-0.2, -0.15) is 0 Å². The summed E-state index contributed by atoms with van der Waals surface area (Å²) in [6, 6.07) is 9.96. The van der Waals surface area contributed by atoms with Crippen molar-refractivity contribution < 1.29 is 4.74 Å². The summed E-state index contributed by atoms with van der Waals surface area (Å²) in [7, 11) is 2.14. The Hall–Kier alpha value is -1.000. The first-order valence-corrected chi connectivity index (χ1v) is 8.13. The molecule has 0 spiro atoms. The van der Waals surface area contributed by atoms with Crippen LogP contribution in [0.2, 0.25) is 10.2 Å². The summed E-state index contributed by atoms with van der Waals surface area (Å²) in [6.07, 6.45) is 4.09. The van der Waals surface area contributed by atoms with Crippen LogP contribution in [0.1, 0.15) is 12.8 Å². The highest BCUT2D eigenvalue weighted by atomic mass is 35.5. The Bertz CT molecular complexity index is 649. The fourth-order valence-electron chi connectivity index (χ4n) is 2.72. The van der Waals surface area contributed by atoms with Crippen molar-refractivity contribution in [2.75, 3.05) is 20.2 Å². The highest BCUT2D eigenvalue weighted by Crippen LogP contribution is 2.30. The number of hydrogen-bond acceptors (Lipinski definition) is 3. The van der Waals surface area contributed by atoms with Gasteiger partial charge in [-0.25, -0.2) is 4.98 Å². The number of aromatic nitrogens is 1. The molecule has 1 aliphatic heterocycles. The fourth-order valence-corrected chi connectivity index (χ4v) is 3.06. The first-order valence-electron chi connectivity index (χ1n) is 7.38. The lowest BCUT2D eigenvalue weighted by atomic mass is 10.1. The number of halogens is 3. The van der Waals surface area contributed by atoms with E-state index in [0.717, 1.165) is 23.4 Å². The van der Waals surface area contributed by atoms with E-state index in [-0.39, 0.29) is 12.4 Å². The van der Waals surface area contributed by atoms with Crippen molar-refractivity contribution in [2.45, 2.75) is 18.9 Å². The summed E-state index contributed by atoms with van der Waals surface area (Å²) < 4.78 is 5.91. The average Bonchev–Trinajstić information content (AvgIpc) is 2.93. The molecular weight excluding hydrogens is 355 g/mol. The van der Waals surface area contributed by atoms with Crippen molar-refractivity contribution in [1.29, 1.82) is 0 Å². The molecule has 0 aliphatic carbocycles. The molecule has 1 atom stereocenters. The number of likely N-dealkylation sites (tertiary alicyclic amines) is 1. The number of nitrogens with zero attached hydrogens (tertiary/aromatic N) is 2. The zero-order valence-electron chi connectivity index (χ0n) is 12.8. The summed E-state index contributed by atoms with van der Waals surface area (Å²) in [4.78, 5) is 6.57. The summed E-state index contributed by atoms with van der Waals surface area (Å²) in [5.41, 5.74) is 1.83. The Labute approximate surface area is 153 Å². The first kappa shape index (κ1) is 18.3. The summed E-state index contributed by atoms with van der Waals surface area (Å²) in [5, 5.41) is 1.16. The third kappa shape index (κ3) is 4.51. The van der Waals surface area contributed by atoms with Gasteiger partial charge in [0.2, 0.25) is 0 Å². The monoisotopic (exact) mass is 372 g/mol. The number of pyridine rings is 1. The van der Waals surface area contributed by atoms with Gasteiger partial charge in [-0.05, 0) is 50.2 Å². The van der Waals surface area contributed by atoms with Gasteiger partial charge < -0.3 is 9.64 Å². The Morgan fingerprint density at radius 1 is 1.26 bits per heavy atom. The average molecular weight is 374 g/mol. The van der Waals surface area contributed by atoms with E-state index in [1.807, 2.05) is 30.3 Å². The molecule has 0 saturated carbocycles. The van der Waals surface area contributed by atoms with Crippen molar-refractivity contribution in [3.63, 3.8) is 0 Å². The van der Waals surface area contributed by atoms with Crippen LogP contribution in [0.25, 0.3) is 11.1 Å². The lowest BCUT2D eigenvalue weighted by Gasteiger charge is -2.19. The number of likely N-dealkylation sites (N-methyl/N-ethyl adjacent to an activating group) is 1. The van der Waals surface area contributed by atoms with Gasteiger partial charge >= 0.3 is 0 Å². The molecule has 0 bridgehead atoms. The highest BCUT2D eigenvalue weighted by molar-refractivity contribution is 6.32. The summed E-state index contributed by atoms with van der Waals surface area (Å²) in [5.74, 6) is 0.745. The van der Waals surface area contributed by atoms with Crippen LogP contribution in [0.4, 0.5) is 0 Å². The summed E-state index contributed by atoms with van der Waals surface area (Å²) in [6.45, 7) is 1.82. The third-order valence-electron chi connectivity index (χ3n) is 4.08. The van der Waals surface area contributed by atoms with Gasteiger partial charge in [0.05, 0.1) is 6.20 Å². The zero-order chi connectivity index (χ0) is 15.5. The Balaban J connectivity index is 0.00000192. The first-order chi connectivity index (χ1) is 10.6. The minimum Gasteiger partial charge on any atom is -0.490 e. The van der Waals surface area contributed by atoms with Gasteiger partial charge in [0.25, 0.3) is 0 Å². The van der Waals surface area contributed by atoms with Crippen molar-refractivity contribution >= 4 is 35.6 Å². The molecule has 0 radical (unpaired) electrons. The standard InChI is InChI=1S/C17H18Cl2N2O.ClH/c1-21-8-2-3-14(21)11-22-15-9-16(17(19)20-10-15)12-4-6-13(18)7-5-12;/h4-7,9-10,14H,2-3,8,11H2,1H3;1H/t14-;/m1./s1. The molecule has 6 heteroatoms. The van der Waals surface area contributed by atoms with Crippen LogP contribution in [0.5, 0.6) is 5.75 Å².